The first-order valence-electron chi connectivity index (χ1n) is 7.18. The first kappa shape index (κ1) is 17.5. The van der Waals surface area contributed by atoms with Crippen molar-refractivity contribution in [2.24, 2.45) is 0 Å². The van der Waals surface area contributed by atoms with Crippen LogP contribution in [0.1, 0.15) is 27.7 Å². The number of nitrogens with zero attached hydrogens (tertiary/aromatic N) is 2. The molecule has 1 heterocycles. The van der Waals surface area contributed by atoms with E-state index in [9.17, 15) is 9.59 Å². The van der Waals surface area contributed by atoms with Crippen molar-refractivity contribution >= 4 is 12.1 Å². The molecule has 21 heavy (non-hydrogen) atoms. The van der Waals surface area contributed by atoms with Crippen molar-refractivity contribution in [3.63, 3.8) is 0 Å². The molecule has 6 nitrogen and oxygen atoms in total. The normalized spacial score (nSPS) is 17.6. The molecular weight excluding hydrogens is 272 g/mol. The van der Waals surface area contributed by atoms with Gasteiger partial charge in [-0.3, -0.25) is 4.90 Å². The molecule has 0 aromatic heterocycles. The van der Waals surface area contributed by atoms with Crippen molar-refractivity contribution in [3.05, 3.63) is 11.6 Å². The van der Waals surface area contributed by atoms with Crippen molar-refractivity contribution in [2.75, 3.05) is 39.8 Å². The zero-order chi connectivity index (χ0) is 16.0. The molecule has 1 rings (SSSR count). The predicted molar refractivity (Wildman–Crippen MR) is 80.0 cm³/mol. The molecular formula is C15H26N2O4. The number of carbonyl (C=O) groups is 2. The van der Waals surface area contributed by atoms with Gasteiger partial charge in [-0.15, -0.1) is 0 Å². The number of esters is 1. The number of amides is 1. The van der Waals surface area contributed by atoms with Gasteiger partial charge in [0.2, 0.25) is 0 Å². The summed E-state index contributed by atoms with van der Waals surface area (Å²) in [5, 5.41) is 0. The van der Waals surface area contributed by atoms with Gasteiger partial charge in [0.15, 0.2) is 0 Å². The van der Waals surface area contributed by atoms with E-state index in [4.69, 9.17) is 4.74 Å². The SMILES string of the molecule is COC(=O)C(C)=CCN1CCN(C(=O)OC(C)(C)C)CC1. The lowest BCUT2D eigenvalue weighted by atomic mass is 10.2. The lowest BCUT2D eigenvalue weighted by Crippen LogP contribution is -2.49. The second-order valence-electron chi connectivity index (χ2n) is 6.15. The summed E-state index contributed by atoms with van der Waals surface area (Å²) in [5.41, 5.74) is 0.140. The Kier molecular flexibility index (Phi) is 6.20. The van der Waals surface area contributed by atoms with Gasteiger partial charge in [-0.2, -0.15) is 0 Å². The monoisotopic (exact) mass is 298 g/mol. The van der Waals surface area contributed by atoms with Crippen molar-refractivity contribution in [1.82, 2.24) is 9.80 Å². The molecule has 0 saturated carbocycles. The van der Waals surface area contributed by atoms with E-state index < -0.39 is 5.60 Å². The predicted octanol–water partition coefficient (Wildman–Crippen LogP) is 1.66. The summed E-state index contributed by atoms with van der Waals surface area (Å²) < 4.78 is 10.0. The number of carbonyl (C=O) groups excluding carboxylic acids is 2. The van der Waals surface area contributed by atoms with Crippen molar-refractivity contribution in [2.45, 2.75) is 33.3 Å². The van der Waals surface area contributed by atoms with Gasteiger partial charge in [0.1, 0.15) is 5.60 Å². The van der Waals surface area contributed by atoms with Crippen LogP contribution in [0.3, 0.4) is 0 Å². The Balaban J connectivity index is 2.39. The topological polar surface area (TPSA) is 59.1 Å². The molecule has 1 fully saturated rings. The highest BCUT2D eigenvalue weighted by molar-refractivity contribution is 5.87. The summed E-state index contributed by atoms with van der Waals surface area (Å²) in [6, 6.07) is 0. The van der Waals surface area contributed by atoms with Crippen molar-refractivity contribution in [1.29, 1.82) is 0 Å². The van der Waals surface area contributed by atoms with Crippen LogP contribution >= 0.6 is 0 Å². The lowest BCUT2D eigenvalue weighted by molar-refractivity contribution is -0.136. The molecule has 0 unspecified atom stereocenters. The summed E-state index contributed by atoms with van der Waals surface area (Å²) in [4.78, 5) is 27.1. The molecule has 6 heteroatoms. The molecule has 0 aromatic carbocycles. The van der Waals surface area contributed by atoms with Gasteiger partial charge in [0.25, 0.3) is 0 Å². The van der Waals surface area contributed by atoms with Crippen molar-refractivity contribution < 1.29 is 19.1 Å². The second kappa shape index (κ2) is 7.45. The summed E-state index contributed by atoms with van der Waals surface area (Å²) in [6.07, 6.45) is 1.60. The Morgan fingerprint density at radius 2 is 1.71 bits per heavy atom. The molecule has 1 amide bonds. The fraction of sp³-hybridized carbons (Fsp3) is 0.733. The quantitative estimate of drug-likeness (QED) is 0.586. The van der Waals surface area contributed by atoms with Gasteiger partial charge in [-0.25, -0.2) is 9.59 Å². The standard InChI is InChI=1S/C15H26N2O4/c1-12(13(18)20-5)6-7-16-8-10-17(11-9-16)14(19)21-15(2,3)4/h6H,7-11H2,1-5H3. The minimum atomic E-state index is -0.464. The highest BCUT2D eigenvalue weighted by atomic mass is 16.6. The Hall–Kier alpha value is -1.56. The highest BCUT2D eigenvalue weighted by Crippen LogP contribution is 2.12. The van der Waals surface area contributed by atoms with Gasteiger partial charge >= 0.3 is 12.1 Å². The van der Waals surface area contributed by atoms with Crippen LogP contribution in [-0.4, -0.2) is 67.3 Å². The number of ether oxygens (including phenoxy) is 2. The smallest absolute Gasteiger partial charge is 0.410 e. The average Bonchev–Trinajstić information content (AvgIpc) is 2.42. The Labute approximate surface area is 126 Å². The average molecular weight is 298 g/mol. The zero-order valence-corrected chi connectivity index (χ0v) is 13.6. The van der Waals surface area contributed by atoms with Crippen LogP contribution in [0, 0.1) is 0 Å². The molecule has 0 aliphatic carbocycles. The van der Waals surface area contributed by atoms with Gasteiger partial charge in [-0.05, 0) is 27.7 Å². The van der Waals surface area contributed by atoms with Crippen LogP contribution in [0.15, 0.2) is 11.6 Å². The van der Waals surface area contributed by atoms with E-state index in [1.54, 1.807) is 11.8 Å². The summed E-state index contributed by atoms with van der Waals surface area (Å²) in [6.45, 7) is 10.8. The molecule has 1 aliphatic heterocycles. The van der Waals surface area contributed by atoms with E-state index in [1.807, 2.05) is 26.8 Å². The number of hydrogen-bond acceptors (Lipinski definition) is 5. The first-order valence-corrected chi connectivity index (χ1v) is 7.18. The molecule has 0 bridgehead atoms. The van der Waals surface area contributed by atoms with E-state index in [0.717, 1.165) is 13.1 Å². The van der Waals surface area contributed by atoms with Crippen LogP contribution in [0.25, 0.3) is 0 Å². The molecule has 0 radical (unpaired) electrons. The van der Waals surface area contributed by atoms with E-state index in [0.29, 0.717) is 25.2 Å². The molecule has 0 atom stereocenters. The molecule has 120 valence electrons. The highest BCUT2D eigenvalue weighted by Gasteiger charge is 2.25. The van der Waals surface area contributed by atoms with Crippen LogP contribution in [0.5, 0.6) is 0 Å². The Morgan fingerprint density at radius 3 is 2.19 bits per heavy atom. The van der Waals surface area contributed by atoms with Crippen LogP contribution in [-0.2, 0) is 14.3 Å². The fourth-order valence-electron chi connectivity index (χ4n) is 1.95. The van der Waals surface area contributed by atoms with Gasteiger partial charge in [0, 0.05) is 38.3 Å². The summed E-state index contributed by atoms with van der Waals surface area (Å²) in [5.74, 6) is -0.303. The Bertz CT molecular complexity index is 404. The van der Waals surface area contributed by atoms with Crippen LogP contribution in [0.4, 0.5) is 4.79 Å². The van der Waals surface area contributed by atoms with E-state index in [2.05, 4.69) is 9.64 Å². The zero-order valence-electron chi connectivity index (χ0n) is 13.6. The number of hydrogen-bond donors (Lipinski definition) is 0. The maximum absolute atomic E-state index is 11.9. The summed E-state index contributed by atoms with van der Waals surface area (Å²) >= 11 is 0. The minimum Gasteiger partial charge on any atom is -0.466 e. The van der Waals surface area contributed by atoms with Crippen LogP contribution < -0.4 is 0 Å². The third-order valence-corrected chi connectivity index (χ3v) is 3.19. The fourth-order valence-corrected chi connectivity index (χ4v) is 1.95. The third-order valence-electron chi connectivity index (χ3n) is 3.19. The third kappa shape index (κ3) is 6.16. The maximum atomic E-state index is 11.9. The molecule has 0 N–H and O–H groups in total. The van der Waals surface area contributed by atoms with Gasteiger partial charge in [0.05, 0.1) is 7.11 Å². The van der Waals surface area contributed by atoms with E-state index in [1.165, 1.54) is 7.11 Å². The Morgan fingerprint density at radius 1 is 1.14 bits per heavy atom. The molecule has 0 spiro atoms. The molecule has 0 aromatic rings. The number of methoxy groups -OCH3 is 1. The molecule has 1 aliphatic rings. The largest absolute Gasteiger partial charge is 0.466 e. The van der Waals surface area contributed by atoms with Gasteiger partial charge in [-0.1, -0.05) is 6.08 Å². The van der Waals surface area contributed by atoms with Crippen LogP contribution in [0.2, 0.25) is 0 Å². The maximum Gasteiger partial charge on any atom is 0.410 e. The molecule has 1 saturated heterocycles. The van der Waals surface area contributed by atoms with Gasteiger partial charge < -0.3 is 14.4 Å². The van der Waals surface area contributed by atoms with E-state index >= 15 is 0 Å². The second-order valence-corrected chi connectivity index (χ2v) is 6.15. The van der Waals surface area contributed by atoms with E-state index in [-0.39, 0.29) is 12.1 Å². The van der Waals surface area contributed by atoms with Crippen molar-refractivity contribution in [3.8, 4) is 0 Å². The first-order chi connectivity index (χ1) is 9.73. The minimum absolute atomic E-state index is 0.261. The summed E-state index contributed by atoms with van der Waals surface area (Å²) in [7, 11) is 1.37. The number of rotatable bonds is 3. The lowest BCUT2D eigenvalue weighted by Gasteiger charge is -2.35. The number of piperazine rings is 1.